The van der Waals surface area contributed by atoms with Crippen LogP contribution in [0.25, 0.3) is 0 Å². The van der Waals surface area contributed by atoms with Crippen molar-refractivity contribution < 1.29 is 60.6 Å². The van der Waals surface area contributed by atoms with Crippen molar-refractivity contribution in [2.24, 2.45) is 5.92 Å². The number of fused-ring (bicyclic) bond motifs is 3. The first kappa shape index (κ1) is 30.5. The summed E-state index contributed by atoms with van der Waals surface area (Å²) < 4.78 is 91.3. The first-order valence-electron chi connectivity index (χ1n) is 14.2. The quantitative estimate of drug-likeness (QED) is 0.394. The van der Waals surface area contributed by atoms with Crippen molar-refractivity contribution in [2.75, 3.05) is 32.8 Å². The highest BCUT2D eigenvalue weighted by Gasteiger charge is 2.50. The van der Waals surface area contributed by atoms with Crippen molar-refractivity contribution in [2.45, 2.75) is 62.5 Å². The fourth-order valence-corrected chi connectivity index (χ4v) is 6.29. The third-order valence-corrected chi connectivity index (χ3v) is 8.60. The van der Waals surface area contributed by atoms with Crippen molar-refractivity contribution in [1.29, 1.82) is 0 Å². The van der Waals surface area contributed by atoms with E-state index in [2.05, 4.69) is 19.5 Å². The fraction of sp³-hybridized carbons (Fsp3) is 0.552. The predicted molar refractivity (Wildman–Crippen MR) is 141 cm³/mol. The van der Waals surface area contributed by atoms with Crippen LogP contribution in [0.1, 0.15) is 43.4 Å². The number of halogens is 5. The number of nitrogens with one attached hydrogen (secondary N) is 1. The Morgan fingerprint density at radius 1 is 1.11 bits per heavy atom. The topological polar surface area (TPSA) is 119 Å². The number of carbonyl (C=O) groups is 1. The molecule has 1 saturated heterocycles. The highest BCUT2D eigenvalue weighted by molar-refractivity contribution is 5.90. The second kappa shape index (κ2) is 11.1. The Morgan fingerprint density at radius 3 is 2.50 bits per heavy atom. The number of rotatable bonds is 7. The van der Waals surface area contributed by atoms with Crippen LogP contribution < -0.4 is 29.0 Å². The van der Waals surface area contributed by atoms with Gasteiger partial charge >= 0.3 is 12.7 Å². The Bertz CT molecular complexity index is 1420. The molecule has 0 aliphatic carbocycles. The van der Waals surface area contributed by atoms with E-state index in [-0.39, 0.29) is 42.1 Å². The zero-order chi connectivity index (χ0) is 31.4. The number of β-amino-alcohol motifs (C(OH)–C–C–N with tert-alkyl or cyclic N) is 1. The molecule has 15 heteroatoms. The first-order chi connectivity index (χ1) is 20.7. The van der Waals surface area contributed by atoms with Gasteiger partial charge in [-0.05, 0) is 57.0 Å². The Balaban J connectivity index is 1.24. The Labute approximate surface area is 248 Å². The minimum atomic E-state index is -4.91. The minimum absolute atomic E-state index is 0.00945. The smallest absolute Gasteiger partial charge is 0.492 e. The Morgan fingerprint density at radius 2 is 1.82 bits per heavy atom. The van der Waals surface area contributed by atoms with Crippen LogP contribution >= 0.6 is 0 Å². The van der Waals surface area contributed by atoms with E-state index in [9.17, 15) is 31.9 Å². The Hall–Kier alpha value is -3.56. The van der Waals surface area contributed by atoms with Gasteiger partial charge in [0.25, 0.3) is 0 Å². The summed E-state index contributed by atoms with van der Waals surface area (Å²) in [5, 5.41) is 22.0. The van der Waals surface area contributed by atoms with E-state index in [0.29, 0.717) is 50.0 Å². The minimum Gasteiger partial charge on any atom is -0.492 e. The average molecular weight is 631 g/mol. The highest BCUT2D eigenvalue weighted by Crippen LogP contribution is 2.50. The van der Waals surface area contributed by atoms with Crippen molar-refractivity contribution in [3.05, 3.63) is 41.5 Å². The van der Waals surface area contributed by atoms with Gasteiger partial charge in [-0.2, -0.15) is 0 Å². The van der Waals surface area contributed by atoms with Gasteiger partial charge in [0.05, 0.1) is 18.8 Å². The number of aliphatic hydroxyl groups is 2. The normalized spacial score (nSPS) is 26.6. The van der Waals surface area contributed by atoms with Gasteiger partial charge < -0.3 is 44.1 Å². The molecule has 2 aromatic carbocycles. The lowest BCUT2D eigenvalue weighted by atomic mass is 9.81. The molecule has 4 atom stereocenters. The number of benzene rings is 2. The summed E-state index contributed by atoms with van der Waals surface area (Å²) >= 11 is 0. The van der Waals surface area contributed by atoms with E-state index in [4.69, 9.17) is 14.6 Å². The van der Waals surface area contributed by atoms with Crippen molar-refractivity contribution in [1.82, 2.24) is 10.2 Å². The number of aliphatic hydroxyl groups excluding tert-OH is 2. The second-order valence-electron chi connectivity index (χ2n) is 11.7. The lowest BCUT2D eigenvalue weighted by molar-refractivity contribution is -0.286. The van der Waals surface area contributed by atoms with Crippen molar-refractivity contribution >= 4 is 5.91 Å². The summed E-state index contributed by atoms with van der Waals surface area (Å²) in [6.07, 6.45) is -8.44. The zero-order valence-corrected chi connectivity index (χ0v) is 23.5. The number of alkyl halides is 5. The van der Waals surface area contributed by atoms with Crippen molar-refractivity contribution in [3.8, 4) is 28.7 Å². The van der Waals surface area contributed by atoms with Crippen LogP contribution in [0.4, 0.5) is 22.0 Å². The fourth-order valence-electron chi connectivity index (χ4n) is 6.29. The number of hydrogen-bond donors (Lipinski definition) is 3. The summed E-state index contributed by atoms with van der Waals surface area (Å²) in [5.41, 5.74) is -0.524. The largest absolute Gasteiger partial charge is 0.586 e. The maximum absolute atomic E-state index is 13.9. The molecule has 0 spiro atoms. The first-order valence-corrected chi connectivity index (χ1v) is 14.2. The molecule has 2 aromatic rings. The molecule has 4 heterocycles. The molecule has 0 radical (unpaired) electrons. The summed E-state index contributed by atoms with van der Waals surface area (Å²) in [7, 11) is 0. The number of piperidine rings is 1. The molecule has 3 N–H and O–H groups in total. The lowest BCUT2D eigenvalue weighted by Crippen LogP contribution is -2.48. The molecule has 0 unspecified atom stereocenters. The van der Waals surface area contributed by atoms with E-state index in [1.807, 2.05) is 4.90 Å². The van der Waals surface area contributed by atoms with Crippen LogP contribution in [0.3, 0.4) is 0 Å². The third kappa shape index (κ3) is 6.04. The summed E-state index contributed by atoms with van der Waals surface area (Å²) in [4.78, 5) is 15.9. The molecular formula is C29H31F5N2O8. The predicted octanol–water partition coefficient (Wildman–Crippen LogP) is 3.63. The third-order valence-electron chi connectivity index (χ3n) is 8.60. The van der Waals surface area contributed by atoms with Gasteiger partial charge in [-0.3, -0.25) is 4.79 Å². The van der Waals surface area contributed by atoms with Gasteiger partial charge in [0.1, 0.15) is 35.4 Å². The summed E-state index contributed by atoms with van der Waals surface area (Å²) in [6, 6.07) is 5.59. The zero-order valence-electron chi connectivity index (χ0n) is 23.5. The number of carbonyl (C=O) groups excluding carboxylic acids is 1. The van der Waals surface area contributed by atoms with E-state index >= 15 is 0 Å². The maximum atomic E-state index is 13.9. The standard InChI is InChI=1S/C29H31F5N2O8/c1-27(14-40-23-11-25-24(9-19(23)27)43-29(33,34)44-25)26(39)35-20-10-21(15-4-6-36(7-5-15)12-16(38)13-37)41-22-8-17(2-3-18(20)22)42-28(30,31)32/h2-3,8-9,11,15-16,20-21,37-38H,4-7,10,12-14H2,1H3,(H,35,39)/t16-,20-,21-,27-/m0/s1. The summed E-state index contributed by atoms with van der Waals surface area (Å²) in [5.74, 6) is -1.07. The SMILES string of the molecule is C[C@]1(C(=O)N[C@H]2C[C@@H](C3CCN(C[C@H](O)CO)CC3)Oc3cc(OC(F)(F)F)ccc32)COc2cc3c(cc21)OC(F)(F)O3. The molecule has 4 aliphatic heterocycles. The van der Waals surface area contributed by atoms with Crippen LogP contribution in [-0.2, 0) is 10.2 Å². The molecule has 0 bridgehead atoms. The number of ether oxygens (including phenoxy) is 5. The molecule has 10 nitrogen and oxygen atoms in total. The number of likely N-dealkylation sites (tertiary alicyclic amines) is 1. The average Bonchev–Trinajstić information content (AvgIpc) is 3.45. The molecule has 4 aliphatic rings. The summed E-state index contributed by atoms with van der Waals surface area (Å²) in [6.45, 7) is 2.70. The highest BCUT2D eigenvalue weighted by atomic mass is 19.4. The molecule has 6 rings (SSSR count). The van der Waals surface area contributed by atoms with E-state index < -0.39 is 48.0 Å². The van der Waals surface area contributed by atoms with Crippen LogP contribution in [-0.4, -0.2) is 78.7 Å². The number of hydrogen-bond acceptors (Lipinski definition) is 9. The van der Waals surface area contributed by atoms with E-state index in [1.54, 1.807) is 6.92 Å². The van der Waals surface area contributed by atoms with Gasteiger partial charge in [0.2, 0.25) is 5.91 Å². The van der Waals surface area contributed by atoms with Crippen LogP contribution in [0.15, 0.2) is 30.3 Å². The maximum Gasteiger partial charge on any atom is 0.586 e. The van der Waals surface area contributed by atoms with Gasteiger partial charge in [-0.25, -0.2) is 0 Å². The second-order valence-corrected chi connectivity index (χ2v) is 11.7. The van der Waals surface area contributed by atoms with Gasteiger partial charge in [0.15, 0.2) is 11.5 Å². The molecule has 0 aromatic heterocycles. The van der Waals surface area contributed by atoms with E-state index in [1.165, 1.54) is 18.2 Å². The molecule has 1 fully saturated rings. The molecule has 0 saturated carbocycles. The van der Waals surface area contributed by atoms with Crippen LogP contribution in [0, 0.1) is 5.92 Å². The Kier molecular flexibility index (Phi) is 7.69. The van der Waals surface area contributed by atoms with Gasteiger partial charge in [-0.1, -0.05) is 0 Å². The van der Waals surface area contributed by atoms with E-state index in [0.717, 1.165) is 12.1 Å². The number of amides is 1. The molecule has 1 amide bonds. The van der Waals surface area contributed by atoms with Crippen LogP contribution in [0.2, 0.25) is 0 Å². The van der Waals surface area contributed by atoms with Crippen LogP contribution in [0.5, 0.6) is 28.7 Å². The van der Waals surface area contributed by atoms with Gasteiger partial charge in [-0.15, -0.1) is 22.0 Å². The molecule has 44 heavy (non-hydrogen) atoms. The van der Waals surface area contributed by atoms with Gasteiger partial charge in [0, 0.05) is 36.2 Å². The lowest BCUT2D eigenvalue weighted by Gasteiger charge is -2.41. The monoisotopic (exact) mass is 630 g/mol. The van der Waals surface area contributed by atoms with Crippen molar-refractivity contribution in [3.63, 3.8) is 0 Å². The molecular weight excluding hydrogens is 599 g/mol. The number of nitrogens with zero attached hydrogens (tertiary/aromatic N) is 1. The molecule has 240 valence electrons.